The molecule has 0 aromatic heterocycles. The normalized spacial score (nSPS) is 17.9. The number of piperidine rings is 1. The number of fused-ring (bicyclic) bond motifs is 1. The standard InChI is InChI=1S/C26H30N2O6S2/c1-3-4-5-6-14-34-36(32,33)23-12-10-17(2)15-22(23)35-21-9-7-8-18-19(21)16-28(26(18)31)20-11-13-24(29)27-25(20)30/h7-10,12,15,20H,3-6,11,13-14,16H2,1-2H3,(H,27,29,30). The summed E-state index contributed by atoms with van der Waals surface area (Å²) in [5, 5.41) is 2.31. The minimum Gasteiger partial charge on any atom is -0.322 e. The molecule has 2 aromatic carbocycles. The first-order valence-corrected chi connectivity index (χ1v) is 14.4. The summed E-state index contributed by atoms with van der Waals surface area (Å²) in [5.74, 6) is -1.07. The van der Waals surface area contributed by atoms with Crippen molar-refractivity contribution in [3.05, 3.63) is 53.1 Å². The number of unbranched alkanes of at least 4 members (excludes halogenated alkanes) is 3. The summed E-state index contributed by atoms with van der Waals surface area (Å²) in [4.78, 5) is 39.9. The number of nitrogens with zero attached hydrogens (tertiary/aromatic N) is 1. The van der Waals surface area contributed by atoms with E-state index in [4.69, 9.17) is 4.18 Å². The van der Waals surface area contributed by atoms with Crippen LogP contribution in [0.4, 0.5) is 0 Å². The van der Waals surface area contributed by atoms with Gasteiger partial charge in [-0.25, -0.2) is 0 Å². The van der Waals surface area contributed by atoms with Gasteiger partial charge in [0.15, 0.2) is 0 Å². The van der Waals surface area contributed by atoms with Crippen LogP contribution in [-0.2, 0) is 30.4 Å². The second-order valence-electron chi connectivity index (χ2n) is 9.07. The Morgan fingerprint density at radius 1 is 1.08 bits per heavy atom. The Morgan fingerprint density at radius 3 is 2.64 bits per heavy atom. The average molecular weight is 531 g/mol. The first-order chi connectivity index (χ1) is 17.2. The van der Waals surface area contributed by atoms with Crippen molar-refractivity contribution >= 4 is 39.6 Å². The van der Waals surface area contributed by atoms with Crippen LogP contribution in [0, 0.1) is 6.92 Å². The first-order valence-electron chi connectivity index (χ1n) is 12.2. The summed E-state index contributed by atoms with van der Waals surface area (Å²) < 4.78 is 31.4. The molecule has 1 N–H and O–H groups in total. The maximum absolute atomic E-state index is 13.1. The molecule has 3 amide bonds. The van der Waals surface area contributed by atoms with E-state index in [-0.39, 0.29) is 42.7 Å². The van der Waals surface area contributed by atoms with E-state index >= 15 is 0 Å². The number of hydrogen-bond donors (Lipinski definition) is 1. The topological polar surface area (TPSA) is 110 Å². The summed E-state index contributed by atoms with van der Waals surface area (Å²) in [7, 11) is -3.96. The highest BCUT2D eigenvalue weighted by Gasteiger charge is 2.40. The van der Waals surface area contributed by atoms with Gasteiger partial charge >= 0.3 is 0 Å². The molecular weight excluding hydrogens is 500 g/mol. The molecule has 2 aliphatic heterocycles. The molecule has 1 atom stereocenters. The highest BCUT2D eigenvalue weighted by molar-refractivity contribution is 8.00. The molecular formula is C26H30N2O6S2. The van der Waals surface area contributed by atoms with Crippen LogP contribution in [0.15, 0.2) is 51.1 Å². The summed E-state index contributed by atoms with van der Waals surface area (Å²) in [5.41, 5.74) is 2.12. The molecule has 2 heterocycles. The molecule has 0 bridgehead atoms. The van der Waals surface area contributed by atoms with Crippen LogP contribution >= 0.6 is 11.8 Å². The molecule has 0 saturated carbocycles. The maximum atomic E-state index is 13.1. The summed E-state index contributed by atoms with van der Waals surface area (Å²) in [6.45, 7) is 4.32. The van der Waals surface area contributed by atoms with E-state index in [0.717, 1.165) is 35.3 Å². The molecule has 2 aliphatic rings. The number of amides is 3. The zero-order valence-electron chi connectivity index (χ0n) is 20.4. The third kappa shape index (κ3) is 5.66. The minimum atomic E-state index is -3.96. The number of aryl methyl sites for hydroxylation is 1. The molecule has 4 rings (SSSR count). The van der Waals surface area contributed by atoms with Crippen LogP contribution in [0.5, 0.6) is 0 Å². The van der Waals surface area contributed by atoms with Gasteiger partial charge in [-0.05, 0) is 55.2 Å². The van der Waals surface area contributed by atoms with Crippen molar-refractivity contribution in [3.63, 3.8) is 0 Å². The Balaban J connectivity index is 1.58. The first kappa shape index (κ1) is 26.4. The second kappa shape index (κ2) is 11.1. The zero-order chi connectivity index (χ0) is 25.9. The van der Waals surface area contributed by atoms with Gasteiger partial charge < -0.3 is 4.90 Å². The van der Waals surface area contributed by atoms with Crippen molar-refractivity contribution < 1.29 is 27.0 Å². The Labute approximate surface area is 215 Å². The quantitative estimate of drug-likeness (QED) is 0.279. The second-order valence-corrected chi connectivity index (χ2v) is 11.7. The monoisotopic (exact) mass is 530 g/mol. The average Bonchev–Trinajstić information content (AvgIpc) is 3.16. The highest BCUT2D eigenvalue weighted by atomic mass is 32.2. The van der Waals surface area contributed by atoms with E-state index in [1.165, 1.54) is 16.7 Å². The fourth-order valence-electron chi connectivity index (χ4n) is 4.43. The van der Waals surface area contributed by atoms with E-state index in [9.17, 15) is 22.8 Å². The van der Waals surface area contributed by atoms with Gasteiger partial charge in [-0.2, -0.15) is 8.42 Å². The molecule has 36 heavy (non-hydrogen) atoms. The summed E-state index contributed by atoms with van der Waals surface area (Å²) >= 11 is 1.27. The van der Waals surface area contributed by atoms with Gasteiger partial charge in [-0.15, -0.1) is 0 Å². The maximum Gasteiger partial charge on any atom is 0.298 e. The number of carbonyl (C=O) groups excluding carboxylic acids is 3. The van der Waals surface area contributed by atoms with Crippen molar-refractivity contribution in [3.8, 4) is 0 Å². The summed E-state index contributed by atoms with van der Waals surface area (Å²) in [6.07, 6.45) is 4.13. The fourth-order valence-corrected chi connectivity index (χ4v) is 6.96. The number of rotatable bonds is 10. The Morgan fingerprint density at radius 2 is 1.89 bits per heavy atom. The van der Waals surface area contributed by atoms with Crippen molar-refractivity contribution in [2.45, 2.75) is 79.6 Å². The number of imide groups is 1. The van der Waals surface area contributed by atoms with E-state index in [2.05, 4.69) is 12.2 Å². The van der Waals surface area contributed by atoms with Crippen LogP contribution < -0.4 is 5.32 Å². The van der Waals surface area contributed by atoms with Crippen molar-refractivity contribution in [2.24, 2.45) is 0 Å². The van der Waals surface area contributed by atoms with Gasteiger partial charge in [0, 0.05) is 28.3 Å². The Hall–Kier alpha value is -2.69. The number of carbonyl (C=O) groups is 3. The minimum absolute atomic E-state index is 0.0949. The predicted octanol–water partition coefficient (Wildman–Crippen LogP) is 4.19. The van der Waals surface area contributed by atoms with E-state index in [1.807, 2.05) is 13.0 Å². The Kier molecular flexibility index (Phi) is 8.17. The molecule has 0 radical (unpaired) electrons. The third-order valence-electron chi connectivity index (χ3n) is 6.36. The number of hydrogen-bond acceptors (Lipinski definition) is 7. The van der Waals surface area contributed by atoms with Crippen molar-refractivity contribution in [1.82, 2.24) is 10.2 Å². The third-order valence-corrected chi connectivity index (χ3v) is 9.02. The summed E-state index contributed by atoms with van der Waals surface area (Å²) in [6, 6.07) is 9.68. The van der Waals surface area contributed by atoms with Crippen LogP contribution in [0.2, 0.25) is 0 Å². The molecule has 192 valence electrons. The van der Waals surface area contributed by atoms with E-state index < -0.39 is 22.1 Å². The van der Waals surface area contributed by atoms with Crippen LogP contribution in [0.1, 0.15) is 66.9 Å². The number of benzene rings is 2. The van der Waals surface area contributed by atoms with Gasteiger partial charge in [0.2, 0.25) is 11.8 Å². The molecule has 0 aliphatic carbocycles. The molecule has 1 saturated heterocycles. The van der Waals surface area contributed by atoms with Gasteiger partial charge in [-0.1, -0.05) is 50.1 Å². The van der Waals surface area contributed by atoms with Crippen LogP contribution in [0.3, 0.4) is 0 Å². The molecule has 8 nitrogen and oxygen atoms in total. The lowest BCUT2D eigenvalue weighted by Gasteiger charge is -2.29. The SMILES string of the molecule is CCCCCCOS(=O)(=O)c1ccc(C)cc1Sc1cccc2c1CN(C1CCC(=O)NC1=O)C2=O. The van der Waals surface area contributed by atoms with E-state index in [1.54, 1.807) is 30.3 Å². The highest BCUT2D eigenvalue weighted by Crippen LogP contribution is 2.40. The largest absolute Gasteiger partial charge is 0.322 e. The molecule has 1 fully saturated rings. The van der Waals surface area contributed by atoms with Crippen molar-refractivity contribution in [2.75, 3.05) is 6.61 Å². The van der Waals surface area contributed by atoms with Crippen LogP contribution in [-0.4, -0.2) is 43.7 Å². The Bertz CT molecular complexity index is 1290. The zero-order valence-corrected chi connectivity index (χ0v) is 22.0. The molecule has 2 aromatic rings. The molecule has 1 unspecified atom stereocenters. The van der Waals surface area contributed by atoms with Gasteiger partial charge in [0.05, 0.1) is 6.61 Å². The van der Waals surface area contributed by atoms with Gasteiger partial charge in [0.1, 0.15) is 10.9 Å². The number of nitrogens with one attached hydrogen (secondary N) is 1. The van der Waals surface area contributed by atoms with Gasteiger partial charge in [-0.3, -0.25) is 23.9 Å². The lowest BCUT2D eigenvalue weighted by Crippen LogP contribution is -2.52. The fraction of sp³-hybridized carbons (Fsp3) is 0.423. The van der Waals surface area contributed by atoms with Gasteiger partial charge in [0.25, 0.3) is 16.0 Å². The smallest absolute Gasteiger partial charge is 0.298 e. The van der Waals surface area contributed by atoms with Crippen molar-refractivity contribution in [1.29, 1.82) is 0 Å². The van der Waals surface area contributed by atoms with E-state index in [0.29, 0.717) is 16.9 Å². The predicted molar refractivity (Wildman–Crippen MR) is 135 cm³/mol. The lowest BCUT2D eigenvalue weighted by molar-refractivity contribution is -0.136. The molecule has 10 heteroatoms. The molecule has 0 spiro atoms. The lowest BCUT2D eigenvalue weighted by atomic mass is 10.0. The van der Waals surface area contributed by atoms with Crippen LogP contribution in [0.25, 0.3) is 0 Å².